The van der Waals surface area contributed by atoms with Crippen molar-refractivity contribution in [2.45, 2.75) is 6.10 Å². The summed E-state index contributed by atoms with van der Waals surface area (Å²) >= 11 is 0. The quantitative estimate of drug-likeness (QED) is 0.661. The number of rotatable bonds is 6. The highest BCUT2D eigenvalue weighted by molar-refractivity contribution is 5.96. The molecule has 3 rings (SSSR count). The molecule has 1 atom stereocenters. The summed E-state index contributed by atoms with van der Waals surface area (Å²) in [4.78, 5) is 16.4. The highest BCUT2D eigenvalue weighted by atomic mass is 35.5. The first-order valence-electron chi connectivity index (χ1n) is 9.36. The minimum Gasteiger partial charge on any atom is -0.507 e. The fourth-order valence-corrected chi connectivity index (χ4v) is 3.41. The summed E-state index contributed by atoms with van der Waals surface area (Å²) in [5, 5.41) is 22.9. The summed E-state index contributed by atoms with van der Waals surface area (Å²) in [5.74, 6) is 0.374. The lowest BCUT2D eigenvalue weighted by molar-refractivity contribution is 0.0958. The standard InChI is InChI=1S/C21H27N3O4.ClH/c1-22-21(27)18-13-15(3-8-19(18)25)20(26)14-23-9-11-24(12-10-23)16-4-6-17(28-2)7-5-16;/h3-8,13,20,25-26H,9-12,14H2,1-2H3,(H,22,27);1H. The van der Waals surface area contributed by atoms with Gasteiger partial charge in [0.25, 0.3) is 5.91 Å². The molecule has 2 aromatic carbocycles. The minimum absolute atomic E-state index is 0. The lowest BCUT2D eigenvalue weighted by Gasteiger charge is -2.37. The van der Waals surface area contributed by atoms with Gasteiger partial charge in [0.15, 0.2) is 0 Å². The molecule has 1 saturated heterocycles. The van der Waals surface area contributed by atoms with Gasteiger partial charge < -0.3 is 25.2 Å². The van der Waals surface area contributed by atoms with E-state index in [1.165, 1.54) is 13.1 Å². The number of ether oxygens (including phenoxy) is 1. The fourth-order valence-electron chi connectivity index (χ4n) is 3.41. The highest BCUT2D eigenvalue weighted by Gasteiger charge is 2.21. The number of piperazine rings is 1. The molecule has 1 fully saturated rings. The number of hydrogen-bond acceptors (Lipinski definition) is 6. The molecule has 0 bridgehead atoms. The Balaban J connectivity index is 0.00000300. The van der Waals surface area contributed by atoms with Crippen LogP contribution in [-0.2, 0) is 0 Å². The predicted octanol–water partition coefficient (Wildman–Crippen LogP) is 2.04. The molecule has 1 aliphatic rings. The van der Waals surface area contributed by atoms with E-state index in [0.29, 0.717) is 12.1 Å². The Morgan fingerprint density at radius 2 is 1.79 bits per heavy atom. The number of carbonyl (C=O) groups excluding carboxylic acids is 1. The van der Waals surface area contributed by atoms with Crippen molar-refractivity contribution in [3.05, 3.63) is 53.6 Å². The Morgan fingerprint density at radius 3 is 2.38 bits per heavy atom. The van der Waals surface area contributed by atoms with Crippen molar-refractivity contribution in [1.82, 2.24) is 10.2 Å². The van der Waals surface area contributed by atoms with Crippen LogP contribution in [0, 0.1) is 0 Å². The summed E-state index contributed by atoms with van der Waals surface area (Å²) < 4.78 is 5.20. The Kier molecular flexibility index (Phi) is 8.13. The molecule has 8 heteroatoms. The molecule has 3 N–H and O–H groups in total. The average Bonchev–Trinajstić information content (AvgIpc) is 2.74. The van der Waals surface area contributed by atoms with E-state index in [1.54, 1.807) is 19.2 Å². The maximum absolute atomic E-state index is 11.8. The molecule has 0 radical (unpaired) electrons. The number of aromatic hydroxyl groups is 1. The number of methoxy groups -OCH3 is 1. The molecule has 1 aliphatic heterocycles. The summed E-state index contributed by atoms with van der Waals surface area (Å²) in [6, 6.07) is 12.7. The van der Waals surface area contributed by atoms with Crippen molar-refractivity contribution < 1.29 is 19.7 Å². The first-order chi connectivity index (χ1) is 13.5. The highest BCUT2D eigenvalue weighted by Crippen LogP contribution is 2.24. The van der Waals surface area contributed by atoms with Crippen molar-refractivity contribution >= 4 is 24.0 Å². The van der Waals surface area contributed by atoms with E-state index in [9.17, 15) is 15.0 Å². The third kappa shape index (κ3) is 5.53. The SMILES string of the molecule is CNC(=O)c1cc(C(O)CN2CCN(c3ccc(OC)cc3)CC2)ccc1O.Cl. The lowest BCUT2D eigenvalue weighted by atomic mass is 10.0. The topological polar surface area (TPSA) is 85.3 Å². The predicted molar refractivity (Wildman–Crippen MR) is 115 cm³/mol. The summed E-state index contributed by atoms with van der Waals surface area (Å²) in [6.45, 7) is 3.90. The van der Waals surface area contributed by atoms with E-state index in [1.807, 2.05) is 12.1 Å². The number of aliphatic hydroxyl groups excluding tert-OH is 1. The largest absolute Gasteiger partial charge is 0.507 e. The van der Waals surface area contributed by atoms with Crippen LogP contribution in [0.1, 0.15) is 22.0 Å². The van der Waals surface area contributed by atoms with Crippen molar-refractivity contribution in [3.8, 4) is 11.5 Å². The second kappa shape index (κ2) is 10.3. The molecule has 0 aliphatic carbocycles. The van der Waals surface area contributed by atoms with Crippen LogP contribution in [0.25, 0.3) is 0 Å². The van der Waals surface area contributed by atoms with Gasteiger partial charge >= 0.3 is 0 Å². The van der Waals surface area contributed by atoms with E-state index in [0.717, 1.165) is 37.6 Å². The maximum Gasteiger partial charge on any atom is 0.254 e. The monoisotopic (exact) mass is 421 g/mol. The van der Waals surface area contributed by atoms with E-state index in [-0.39, 0.29) is 29.6 Å². The van der Waals surface area contributed by atoms with Crippen LogP contribution in [0.3, 0.4) is 0 Å². The molecular weight excluding hydrogens is 394 g/mol. The Morgan fingerprint density at radius 1 is 1.14 bits per heavy atom. The van der Waals surface area contributed by atoms with Crippen molar-refractivity contribution in [3.63, 3.8) is 0 Å². The number of phenols is 1. The van der Waals surface area contributed by atoms with Gasteiger partial charge in [-0.05, 0) is 42.0 Å². The van der Waals surface area contributed by atoms with Gasteiger partial charge in [-0.3, -0.25) is 9.69 Å². The molecule has 0 saturated carbocycles. The van der Waals surface area contributed by atoms with Crippen LogP contribution >= 0.6 is 12.4 Å². The number of aliphatic hydroxyl groups is 1. The Bertz CT molecular complexity index is 808. The molecule has 1 heterocycles. The number of hydrogen-bond donors (Lipinski definition) is 3. The summed E-state index contributed by atoms with van der Waals surface area (Å²) in [6.07, 6.45) is -0.725. The van der Waals surface area contributed by atoms with Gasteiger partial charge in [-0.25, -0.2) is 0 Å². The van der Waals surface area contributed by atoms with Crippen LogP contribution in [-0.4, -0.2) is 67.9 Å². The number of phenolic OH excluding ortho intramolecular Hbond substituents is 1. The zero-order valence-corrected chi connectivity index (χ0v) is 17.5. The second-order valence-electron chi connectivity index (χ2n) is 6.86. The number of carbonyl (C=O) groups is 1. The Hall–Kier alpha value is -2.48. The first-order valence-corrected chi connectivity index (χ1v) is 9.36. The fraction of sp³-hybridized carbons (Fsp3) is 0.381. The van der Waals surface area contributed by atoms with Gasteiger partial charge in [-0.15, -0.1) is 12.4 Å². The smallest absolute Gasteiger partial charge is 0.254 e. The average molecular weight is 422 g/mol. The van der Waals surface area contributed by atoms with Crippen LogP contribution < -0.4 is 15.0 Å². The summed E-state index contributed by atoms with van der Waals surface area (Å²) in [5.41, 5.74) is 1.95. The molecule has 0 aromatic heterocycles. The third-order valence-corrected chi connectivity index (χ3v) is 5.12. The molecule has 7 nitrogen and oxygen atoms in total. The van der Waals surface area contributed by atoms with Crippen molar-refractivity contribution in [2.24, 2.45) is 0 Å². The van der Waals surface area contributed by atoms with Crippen LogP contribution in [0.15, 0.2) is 42.5 Å². The number of halogens is 1. The number of benzene rings is 2. The van der Waals surface area contributed by atoms with Crippen LogP contribution in [0.2, 0.25) is 0 Å². The molecule has 29 heavy (non-hydrogen) atoms. The number of nitrogens with one attached hydrogen (secondary N) is 1. The van der Waals surface area contributed by atoms with Gasteiger partial charge in [-0.1, -0.05) is 6.07 Å². The minimum atomic E-state index is -0.725. The van der Waals surface area contributed by atoms with Crippen LogP contribution in [0.5, 0.6) is 11.5 Å². The van der Waals surface area contributed by atoms with E-state index in [2.05, 4.69) is 27.2 Å². The lowest BCUT2D eigenvalue weighted by Crippen LogP contribution is -2.47. The van der Waals surface area contributed by atoms with Gasteiger partial charge in [0.1, 0.15) is 11.5 Å². The number of amides is 1. The number of nitrogens with zero attached hydrogens (tertiary/aromatic N) is 2. The number of β-amino-alcohol motifs (C(OH)–C–C–N with tert-alkyl or cyclic N) is 1. The molecule has 2 aromatic rings. The van der Waals surface area contributed by atoms with Gasteiger partial charge in [-0.2, -0.15) is 0 Å². The van der Waals surface area contributed by atoms with Gasteiger partial charge in [0, 0.05) is 45.5 Å². The van der Waals surface area contributed by atoms with E-state index < -0.39 is 6.10 Å². The van der Waals surface area contributed by atoms with E-state index in [4.69, 9.17) is 4.74 Å². The molecule has 158 valence electrons. The zero-order chi connectivity index (χ0) is 20.1. The Labute approximate surface area is 177 Å². The normalized spacial score (nSPS) is 15.3. The van der Waals surface area contributed by atoms with Gasteiger partial charge in [0.2, 0.25) is 0 Å². The maximum atomic E-state index is 11.8. The van der Waals surface area contributed by atoms with Gasteiger partial charge in [0.05, 0.1) is 18.8 Å². The zero-order valence-electron chi connectivity index (χ0n) is 16.7. The van der Waals surface area contributed by atoms with Crippen molar-refractivity contribution in [2.75, 3.05) is 51.8 Å². The van der Waals surface area contributed by atoms with E-state index >= 15 is 0 Å². The molecule has 0 spiro atoms. The second-order valence-corrected chi connectivity index (χ2v) is 6.86. The molecule has 1 amide bonds. The third-order valence-electron chi connectivity index (χ3n) is 5.12. The first kappa shape index (κ1) is 22.8. The molecular formula is C21H28ClN3O4. The summed E-state index contributed by atoms with van der Waals surface area (Å²) in [7, 11) is 3.16. The van der Waals surface area contributed by atoms with Crippen molar-refractivity contribution in [1.29, 1.82) is 0 Å². The number of anilines is 1. The molecule has 1 unspecified atom stereocenters. The van der Waals surface area contributed by atoms with Crippen LogP contribution in [0.4, 0.5) is 5.69 Å².